The van der Waals surface area contributed by atoms with Gasteiger partial charge in [0.05, 0.1) is 18.9 Å². The van der Waals surface area contributed by atoms with Crippen LogP contribution < -0.4 is 13.8 Å². The number of rotatable bonds is 5. The van der Waals surface area contributed by atoms with Crippen molar-refractivity contribution in [3.05, 3.63) is 91.0 Å². The molecule has 0 saturated carbocycles. The van der Waals surface area contributed by atoms with Gasteiger partial charge in [0.1, 0.15) is 0 Å². The molecule has 0 amide bonds. The second kappa shape index (κ2) is 8.69. The van der Waals surface area contributed by atoms with Gasteiger partial charge in [0.25, 0.3) is 16.9 Å². The van der Waals surface area contributed by atoms with Crippen molar-refractivity contribution in [1.29, 1.82) is 0 Å². The normalized spacial score (nSPS) is 21.5. The molecule has 2 fully saturated rings. The van der Waals surface area contributed by atoms with Crippen LogP contribution in [-0.2, 0) is 9.05 Å². The number of hydrogen-bond acceptors (Lipinski definition) is 5. The van der Waals surface area contributed by atoms with E-state index < -0.39 is 16.9 Å². The molecule has 2 saturated heterocycles. The van der Waals surface area contributed by atoms with Crippen molar-refractivity contribution >= 4 is 34.0 Å². The SMILES string of the molecule is c1ccc(N2CCOP2N(c2ccccc2)P2OCCN2c2ccccc2)cc1. The molecular weight excluding hydrogens is 400 g/mol. The Labute approximate surface area is 174 Å². The van der Waals surface area contributed by atoms with Gasteiger partial charge in [0, 0.05) is 24.5 Å². The highest BCUT2D eigenvalue weighted by Crippen LogP contribution is 2.66. The minimum atomic E-state index is -1.02. The lowest BCUT2D eigenvalue weighted by Crippen LogP contribution is -2.27. The molecule has 5 nitrogen and oxygen atoms in total. The highest BCUT2D eigenvalue weighted by molar-refractivity contribution is 7.74. The molecule has 148 valence electrons. The van der Waals surface area contributed by atoms with Gasteiger partial charge in [0.15, 0.2) is 0 Å². The van der Waals surface area contributed by atoms with Gasteiger partial charge in [-0.2, -0.15) is 0 Å². The summed E-state index contributed by atoms with van der Waals surface area (Å²) in [5, 5.41) is 0. The van der Waals surface area contributed by atoms with Crippen molar-refractivity contribution < 1.29 is 9.05 Å². The lowest BCUT2D eigenvalue weighted by Gasteiger charge is -2.40. The van der Waals surface area contributed by atoms with Crippen molar-refractivity contribution in [2.45, 2.75) is 0 Å². The molecule has 3 aromatic rings. The highest BCUT2D eigenvalue weighted by atomic mass is 31.2. The summed E-state index contributed by atoms with van der Waals surface area (Å²) in [7, 11) is -2.05. The summed E-state index contributed by atoms with van der Waals surface area (Å²) in [6.07, 6.45) is 0. The number of para-hydroxylation sites is 3. The Bertz CT molecular complexity index is 860. The topological polar surface area (TPSA) is 28.2 Å². The first-order valence-electron chi connectivity index (χ1n) is 9.78. The Kier molecular flexibility index (Phi) is 5.64. The molecule has 29 heavy (non-hydrogen) atoms. The summed E-state index contributed by atoms with van der Waals surface area (Å²) in [6, 6.07) is 31.6. The van der Waals surface area contributed by atoms with E-state index in [2.05, 4.69) is 105 Å². The second-order valence-electron chi connectivity index (χ2n) is 6.71. The van der Waals surface area contributed by atoms with Crippen LogP contribution in [0.4, 0.5) is 17.1 Å². The molecule has 7 heteroatoms. The zero-order chi connectivity index (χ0) is 19.5. The van der Waals surface area contributed by atoms with Gasteiger partial charge in [-0.3, -0.25) is 0 Å². The first-order valence-corrected chi connectivity index (χ1v) is 12.1. The molecule has 0 aromatic heterocycles. The molecule has 2 heterocycles. The van der Waals surface area contributed by atoms with Gasteiger partial charge in [-0.15, -0.1) is 0 Å². The van der Waals surface area contributed by atoms with Crippen LogP contribution in [0.5, 0.6) is 0 Å². The summed E-state index contributed by atoms with van der Waals surface area (Å²) in [6.45, 7) is 3.21. The van der Waals surface area contributed by atoms with E-state index in [-0.39, 0.29) is 0 Å². The zero-order valence-electron chi connectivity index (χ0n) is 16.0. The van der Waals surface area contributed by atoms with Crippen molar-refractivity contribution in [2.75, 3.05) is 40.1 Å². The van der Waals surface area contributed by atoms with Crippen molar-refractivity contribution in [3.63, 3.8) is 0 Å². The van der Waals surface area contributed by atoms with Gasteiger partial charge >= 0.3 is 0 Å². The zero-order valence-corrected chi connectivity index (χ0v) is 17.8. The van der Waals surface area contributed by atoms with Crippen LogP contribution in [0, 0.1) is 0 Å². The third-order valence-electron chi connectivity index (χ3n) is 4.85. The Morgan fingerprint density at radius 1 is 0.586 bits per heavy atom. The molecule has 5 rings (SSSR count). The summed E-state index contributed by atoms with van der Waals surface area (Å²) < 4.78 is 19.9. The molecule has 0 aliphatic carbocycles. The molecule has 0 N–H and O–H groups in total. The monoisotopic (exact) mass is 423 g/mol. The van der Waals surface area contributed by atoms with Crippen molar-refractivity contribution in [3.8, 4) is 0 Å². The average molecular weight is 423 g/mol. The summed E-state index contributed by atoms with van der Waals surface area (Å²) in [4.78, 5) is 0. The maximum Gasteiger partial charge on any atom is 0.255 e. The van der Waals surface area contributed by atoms with Crippen LogP contribution in [0.15, 0.2) is 91.0 Å². The minimum Gasteiger partial charge on any atom is -0.320 e. The Morgan fingerprint density at radius 2 is 1.00 bits per heavy atom. The van der Waals surface area contributed by atoms with Gasteiger partial charge < -0.3 is 18.4 Å². The number of hydrogen-bond donors (Lipinski definition) is 0. The summed E-state index contributed by atoms with van der Waals surface area (Å²) >= 11 is 0. The summed E-state index contributed by atoms with van der Waals surface area (Å²) in [5.41, 5.74) is 3.52. The molecule has 2 aliphatic rings. The Morgan fingerprint density at radius 3 is 1.45 bits per heavy atom. The van der Waals surface area contributed by atoms with E-state index in [9.17, 15) is 0 Å². The van der Waals surface area contributed by atoms with E-state index in [4.69, 9.17) is 9.05 Å². The fourth-order valence-electron chi connectivity index (χ4n) is 3.52. The Hall–Kier alpha value is -2.16. The average Bonchev–Trinajstić information content (AvgIpc) is 3.47. The van der Waals surface area contributed by atoms with Gasteiger partial charge in [0.2, 0.25) is 0 Å². The standard InChI is InChI=1S/C22H23N3O2P2/c1-4-10-20(11-5-1)23-16-18-26-28(23)25(22-14-8-3-9-15-22)29-24(17-19-27-29)21-12-6-2-7-13-21/h1-15H,16-19H2. The Balaban J connectivity index is 1.54. The molecule has 0 radical (unpaired) electrons. The molecule has 0 bridgehead atoms. The maximum absolute atomic E-state index is 6.36. The smallest absolute Gasteiger partial charge is 0.255 e. The van der Waals surface area contributed by atoms with Crippen LogP contribution >= 0.6 is 16.9 Å². The maximum atomic E-state index is 6.36. The third-order valence-corrected chi connectivity index (χ3v) is 9.40. The fourth-order valence-corrected chi connectivity index (χ4v) is 8.16. The summed E-state index contributed by atoms with van der Waals surface area (Å²) in [5.74, 6) is 0. The van der Waals surface area contributed by atoms with Crippen molar-refractivity contribution in [2.24, 2.45) is 0 Å². The van der Waals surface area contributed by atoms with Crippen molar-refractivity contribution in [1.82, 2.24) is 0 Å². The van der Waals surface area contributed by atoms with Crippen LogP contribution in [0.2, 0.25) is 0 Å². The lowest BCUT2D eigenvalue weighted by atomic mass is 10.3. The highest BCUT2D eigenvalue weighted by Gasteiger charge is 2.43. The van der Waals surface area contributed by atoms with Gasteiger partial charge in [-0.1, -0.05) is 54.6 Å². The largest absolute Gasteiger partial charge is 0.320 e. The fraction of sp³-hybridized carbons (Fsp3) is 0.182. The van der Waals surface area contributed by atoms with E-state index >= 15 is 0 Å². The number of nitrogens with zero attached hydrogens (tertiary/aromatic N) is 3. The second-order valence-corrected chi connectivity index (χ2v) is 10.3. The van der Waals surface area contributed by atoms with Crippen LogP contribution in [0.1, 0.15) is 0 Å². The number of benzene rings is 3. The molecule has 0 spiro atoms. The van der Waals surface area contributed by atoms with Crippen LogP contribution in [0.3, 0.4) is 0 Å². The quantitative estimate of drug-likeness (QED) is 0.468. The first kappa shape index (κ1) is 18.8. The molecule has 3 aromatic carbocycles. The minimum absolute atomic E-state index is 0.721. The first-order chi connectivity index (χ1) is 14.4. The van der Waals surface area contributed by atoms with E-state index in [1.54, 1.807) is 0 Å². The molecule has 2 unspecified atom stereocenters. The lowest BCUT2D eigenvalue weighted by molar-refractivity contribution is 0.390. The number of anilines is 3. The van der Waals surface area contributed by atoms with E-state index in [0.29, 0.717) is 0 Å². The van der Waals surface area contributed by atoms with E-state index in [0.717, 1.165) is 32.0 Å². The molecule has 2 atom stereocenters. The molecular formula is C22H23N3O2P2. The van der Waals surface area contributed by atoms with Gasteiger partial charge in [-0.25, -0.2) is 4.44 Å². The van der Waals surface area contributed by atoms with Crippen LogP contribution in [0.25, 0.3) is 0 Å². The van der Waals surface area contributed by atoms with E-state index in [1.165, 1.54) is 11.4 Å². The van der Waals surface area contributed by atoms with E-state index in [1.807, 2.05) is 0 Å². The third kappa shape index (κ3) is 3.84. The predicted molar refractivity (Wildman–Crippen MR) is 122 cm³/mol. The molecule has 2 aliphatic heterocycles. The van der Waals surface area contributed by atoms with Gasteiger partial charge in [-0.05, 0) is 36.4 Å². The van der Waals surface area contributed by atoms with Crippen LogP contribution in [-0.4, -0.2) is 26.3 Å². The predicted octanol–water partition coefficient (Wildman–Crippen LogP) is 6.02.